The van der Waals surface area contributed by atoms with Gasteiger partial charge in [0, 0.05) is 12.8 Å². The molecule has 0 aliphatic carbocycles. The van der Waals surface area contributed by atoms with Gasteiger partial charge in [0.25, 0.3) is 0 Å². The summed E-state index contributed by atoms with van der Waals surface area (Å²) in [7, 11) is 1.57. The van der Waals surface area contributed by atoms with Crippen LogP contribution in [0.3, 0.4) is 0 Å². The number of carbonyl (C=O) groups is 1. The molecule has 2 rings (SSSR count). The van der Waals surface area contributed by atoms with Crippen molar-refractivity contribution in [3.8, 4) is 5.75 Å². The Morgan fingerprint density at radius 3 is 2.54 bits per heavy atom. The van der Waals surface area contributed by atoms with E-state index < -0.39 is 5.97 Å². The van der Waals surface area contributed by atoms with Crippen molar-refractivity contribution < 1.29 is 19.0 Å². The van der Waals surface area contributed by atoms with Gasteiger partial charge in [-0.05, 0) is 43.3 Å². The number of benzene rings is 1. The van der Waals surface area contributed by atoms with Gasteiger partial charge in [-0.2, -0.15) is 0 Å². The first-order valence-electron chi connectivity index (χ1n) is 9.74. The minimum absolute atomic E-state index is 0.202. The van der Waals surface area contributed by atoms with Crippen molar-refractivity contribution in [2.75, 3.05) is 26.9 Å². The van der Waals surface area contributed by atoms with E-state index in [0.29, 0.717) is 29.6 Å². The summed E-state index contributed by atoms with van der Waals surface area (Å²) in [5.41, 5.74) is 2.12. The van der Waals surface area contributed by atoms with Crippen molar-refractivity contribution in [3.63, 3.8) is 0 Å². The summed E-state index contributed by atoms with van der Waals surface area (Å²) in [6.45, 7) is 5.28. The quantitative estimate of drug-likeness (QED) is 0.330. The van der Waals surface area contributed by atoms with Gasteiger partial charge in [0.2, 0.25) is 0 Å². The van der Waals surface area contributed by atoms with Gasteiger partial charge in [0.1, 0.15) is 12.4 Å². The molecular formula is C21H30N2O4S. The first-order chi connectivity index (χ1) is 13.6. The monoisotopic (exact) mass is 406 g/mol. The third-order valence-corrected chi connectivity index (χ3v) is 4.71. The summed E-state index contributed by atoms with van der Waals surface area (Å²) in [4.78, 5) is 12.6. The molecule has 0 aromatic heterocycles. The number of hydrogen-bond acceptors (Lipinski definition) is 5. The highest BCUT2D eigenvalue weighted by molar-refractivity contribution is 7.80. The third-order valence-electron chi connectivity index (χ3n) is 4.49. The highest BCUT2D eigenvalue weighted by Gasteiger charge is 2.30. The average Bonchev–Trinajstić information content (AvgIpc) is 2.68. The molecule has 1 aromatic carbocycles. The maximum absolute atomic E-state index is 12.6. The maximum atomic E-state index is 12.6. The molecule has 0 saturated heterocycles. The second kappa shape index (κ2) is 11.7. The Morgan fingerprint density at radius 2 is 1.86 bits per heavy atom. The van der Waals surface area contributed by atoms with Crippen LogP contribution in [0.25, 0.3) is 0 Å². The minimum atomic E-state index is -0.390. The topological polar surface area (TPSA) is 68.8 Å². The van der Waals surface area contributed by atoms with Gasteiger partial charge < -0.3 is 24.8 Å². The van der Waals surface area contributed by atoms with Gasteiger partial charge in [-0.25, -0.2) is 4.79 Å². The number of rotatable bonds is 11. The molecule has 0 radical (unpaired) electrons. The lowest BCUT2D eigenvalue weighted by Crippen LogP contribution is -2.45. The van der Waals surface area contributed by atoms with Crippen molar-refractivity contribution in [3.05, 3.63) is 41.1 Å². The van der Waals surface area contributed by atoms with E-state index >= 15 is 0 Å². The molecule has 1 aromatic rings. The predicted octanol–water partition coefficient (Wildman–Crippen LogP) is 3.63. The number of methoxy groups -OCH3 is 1. The van der Waals surface area contributed by atoms with Gasteiger partial charge in [-0.1, -0.05) is 38.3 Å². The van der Waals surface area contributed by atoms with Crippen molar-refractivity contribution in [2.45, 2.75) is 45.6 Å². The molecule has 1 heterocycles. The van der Waals surface area contributed by atoms with Crippen LogP contribution in [0.2, 0.25) is 0 Å². The van der Waals surface area contributed by atoms with E-state index in [0.717, 1.165) is 17.7 Å². The van der Waals surface area contributed by atoms with E-state index in [1.165, 1.54) is 19.3 Å². The molecule has 1 unspecified atom stereocenters. The number of allylic oxidation sites excluding steroid dienone is 1. The summed E-state index contributed by atoms with van der Waals surface area (Å²) < 4.78 is 16.1. The van der Waals surface area contributed by atoms with E-state index in [4.69, 9.17) is 26.4 Å². The Morgan fingerprint density at radius 1 is 1.11 bits per heavy atom. The summed E-state index contributed by atoms with van der Waals surface area (Å²) >= 11 is 5.27. The van der Waals surface area contributed by atoms with Gasteiger partial charge in [0.05, 0.1) is 24.8 Å². The second-order valence-electron chi connectivity index (χ2n) is 6.68. The maximum Gasteiger partial charge on any atom is 0.338 e. The van der Waals surface area contributed by atoms with E-state index in [1.54, 1.807) is 7.11 Å². The molecule has 154 valence electrons. The van der Waals surface area contributed by atoms with Crippen LogP contribution in [0.4, 0.5) is 0 Å². The molecule has 2 N–H and O–H groups in total. The predicted molar refractivity (Wildman–Crippen MR) is 113 cm³/mol. The van der Waals surface area contributed by atoms with Crippen LogP contribution in [-0.2, 0) is 14.3 Å². The number of esters is 1. The fourth-order valence-corrected chi connectivity index (χ4v) is 3.26. The molecule has 6 nitrogen and oxygen atoms in total. The molecule has 0 saturated carbocycles. The highest BCUT2D eigenvalue weighted by Crippen LogP contribution is 2.29. The van der Waals surface area contributed by atoms with Crippen LogP contribution >= 0.6 is 12.2 Å². The van der Waals surface area contributed by atoms with Crippen LogP contribution in [0.5, 0.6) is 5.75 Å². The first kappa shape index (κ1) is 22.2. The average molecular weight is 407 g/mol. The number of nitrogens with one attached hydrogen (secondary N) is 2. The minimum Gasteiger partial charge on any atom is -0.494 e. The van der Waals surface area contributed by atoms with Crippen molar-refractivity contribution in [2.24, 2.45) is 0 Å². The number of unbranched alkanes of at least 4 members (excludes halogenated alkanes) is 3. The van der Waals surface area contributed by atoms with Crippen LogP contribution < -0.4 is 15.4 Å². The van der Waals surface area contributed by atoms with E-state index in [9.17, 15) is 4.79 Å². The number of hydrogen-bond donors (Lipinski definition) is 2. The molecule has 7 heteroatoms. The summed E-state index contributed by atoms with van der Waals surface area (Å²) in [5.74, 6) is 0.431. The highest BCUT2D eigenvalue weighted by atomic mass is 32.1. The molecule has 0 amide bonds. The molecule has 28 heavy (non-hydrogen) atoms. The lowest BCUT2D eigenvalue weighted by Gasteiger charge is -2.30. The Hall–Kier alpha value is -2.12. The van der Waals surface area contributed by atoms with Crippen LogP contribution in [-0.4, -0.2) is 38.0 Å². The number of ether oxygens (including phenoxy) is 3. The zero-order chi connectivity index (χ0) is 20.4. The molecule has 1 aliphatic rings. The summed E-state index contributed by atoms with van der Waals surface area (Å²) in [5, 5.41) is 6.64. The first-order valence-corrected chi connectivity index (χ1v) is 10.1. The Labute approximate surface area is 172 Å². The molecule has 1 aliphatic heterocycles. The SMILES string of the molecule is CCCCCCOc1ccc(C2NC(=S)NC(C)=C2C(=O)OCCOC)cc1. The smallest absolute Gasteiger partial charge is 0.338 e. The Bertz CT molecular complexity index is 688. The van der Waals surface area contributed by atoms with Crippen molar-refractivity contribution in [1.29, 1.82) is 0 Å². The van der Waals surface area contributed by atoms with Crippen LogP contribution in [0, 0.1) is 0 Å². The van der Waals surface area contributed by atoms with Gasteiger partial charge in [-0.15, -0.1) is 0 Å². The Balaban J connectivity index is 2.06. The molecule has 1 atom stereocenters. The van der Waals surface area contributed by atoms with E-state index in [1.807, 2.05) is 31.2 Å². The third kappa shape index (κ3) is 6.49. The van der Waals surface area contributed by atoms with E-state index in [2.05, 4.69) is 17.6 Å². The van der Waals surface area contributed by atoms with E-state index in [-0.39, 0.29) is 12.6 Å². The lowest BCUT2D eigenvalue weighted by atomic mass is 9.95. The Kier molecular flexibility index (Phi) is 9.23. The van der Waals surface area contributed by atoms with Crippen LogP contribution in [0.15, 0.2) is 35.5 Å². The summed E-state index contributed by atoms with van der Waals surface area (Å²) in [6.07, 6.45) is 4.68. The van der Waals surface area contributed by atoms with Gasteiger partial charge >= 0.3 is 5.97 Å². The lowest BCUT2D eigenvalue weighted by molar-refractivity contribution is -0.140. The van der Waals surface area contributed by atoms with Gasteiger partial charge in [-0.3, -0.25) is 0 Å². The fourth-order valence-electron chi connectivity index (χ4n) is 2.99. The fraction of sp³-hybridized carbons (Fsp3) is 0.524. The largest absolute Gasteiger partial charge is 0.494 e. The van der Waals surface area contributed by atoms with Crippen LogP contribution in [0.1, 0.15) is 51.1 Å². The van der Waals surface area contributed by atoms with Crippen molar-refractivity contribution >= 4 is 23.3 Å². The molecule has 0 bridgehead atoms. The zero-order valence-electron chi connectivity index (χ0n) is 16.9. The van der Waals surface area contributed by atoms with Crippen molar-refractivity contribution in [1.82, 2.24) is 10.6 Å². The summed E-state index contributed by atoms with van der Waals surface area (Å²) in [6, 6.07) is 7.36. The molecular weight excluding hydrogens is 376 g/mol. The second-order valence-corrected chi connectivity index (χ2v) is 7.09. The number of thiocarbonyl (C=S) groups is 1. The van der Waals surface area contributed by atoms with Gasteiger partial charge in [0.15, 0.2) is 5.11 Å². The zero-order valence-corrected chi connectivity index (χ0v) is 17.7. The molecule has 0 spiro atoms. The normalized spacial score (nSPS) is 16.4. The molecule has 0 fully saturated rings. The standard InChI is InChI=1S/C21H30N2O4S/c1-4-5-6-7-12-26-17-10-8-16(9-11-17)19-18(15(2)22-21(28)23-19)20(24)27-14-13-25-3/h8-11,19H,4-7,12-14H2,1-3H3,(H2,22,23,28). The number of carbonyl (C=O) groups excluding carboxylic acids is 1.